The summed E-state index contributed by atoms with van der Waals surface area (Å²) in [7, 11) is 0. The van der Waals surface area contributed by atoms with Gasteiger partial charge in [-0.05, 0) is 31.9 Å². The molecule has 108 valence electrons. The van der Waals surface area contributed by atoms with Gasteiger partial charge in [0.2, 0.25) is 0 Å². The molecular formula is C12H17F3N2O2. The van der Waals surface area contributed by atoms with Gasteiger partial charge < -0.3 is 15.0 Å². The van der Waals surface area contributed by atoms with E-state index in [0.29, 0.717) is 19.4 Å². The van der Waals surface area contributed by atoms with E-state index in [-0.39, 0.29) is 5.69 Å². The molecular weight excluding hydrogens is 261 g/mol. The standard InChI is InChI=1S/C12H17F3N2O2/c1-9(18)4-2-6-16-11(19)10-5-3-7-17(10)8-12(13,14)15/h3,5,7,9,18H,2,4,6,8H2,1H3,(H,16,19). The molecule has 0 aromatic carbocycles. The number of rotatable bonds is 6. The van der Waals surface area contributed by atoms with Gasteiger partial charge in [-0.1, -0.05) is 0 Å². The summed E-state index contributed by atoms with van der Waals surface area (Å²) in [5.74, 6) is -0.542. The summed E-state index contributed by atoms with van der Waals surface area (Å²) in [6, 6.07) is 2.74. The molecule has 0 aliphatic carbocycles. The SMILES string of the molecule is CC(O)CCCNC(=O)c1cccn1CC(F)(F)F. The highest BCUT2D eigenvalue weighted by molar-refractivity contribution is 5.92. The van der Waals surface area contributed by atoms with Crippen LogP contribution in [-0.2, 0) is 6.54 Å². The first-order valence-corrected chi connectivity index (χ1v) is 5.98. The maximum atomic E-state index is 12.3. The van der Waals surface area contributed by atoms with Crippen molar-refractivity contribution in [1.29, 1.82) is 0 Å². The lowest BCUT2D eigenvalue weighted by atomic mass is 10.2. The van der Waals surface area contributed by atoms with Crippen LogP contribution in [0.4, 0.5) is 13.2 Å². The van der Waals surface area contributed by atoms with E-state index in [0.717, 1.165) is 4.57 Å². The van der Waals surface area contributed by atoms with Crippen LogP contribution in [0.3, 0.4) is 0 Å². The van der Waals surface area contributed by atoms with Crippen molar-refractivity contribution in [2.45, 2.75) is 38.6 Å². The highest BCUT2D eigenvalue weighted by Crippen LogP contribution is 2.18. The van der Waals surface area contributed by atoms with Crippen molar-refractivity contribution < 1.29 is 23.1 Å². The van der Waals surface area contributed by atoms with Crippen LogP contribution in [0.25, 0.3) is 0 Å². The van der Waals surface area contributed by atoms with Gasteiger partial charge in [-0.3, -0.25) is 4.79 Å². The number of nitrogens with zero attached hydrogens (tertiary/aromatic N) is 1. The molecule has 1 amide bonds. The van der Waals surface area contributed by atoms with E-state index >= 15 is 0 Å². The van der Waals surface area contributed by atoms with Crippen LogP contribution >= 0.6 is 0 Å². The summed E-state index contributed by atoms with van der Waals surface area (Å²) in [4.78, 5) is 11.7. The number of hydrogen-bond acceptors (Lipinski definition) is 2. The third-order valence-electron chi connectivity index (χ3n) is 2.50. The number of aliphatic hydroxyl groups is 1. The van der Waals surface area contributed by atoms with Crippen LogP contribution < -0.4 is 5.32 Å². The van der Waals surface area contributed by atoms with Crippen LogP contribution in [0.15, 0.2) is 18.3 Å². The lowest BCUT2D eigenvalue weighted by Gasteiger charge is -2.12. The molecule has 0 aliphatic heterocycles. The molecule has 0 bridgehead atoms. The van der Waals surface area contributed by atoms with Gasteiger partial charge >= 0.3 is 6.18 Å². The van der Waals surface area contributed by atoms with Gasteiger partial charge in [0.05, 0.1) is 6.10 Å². The Morgan fingerprint density at radius 3 is 2.79 bits per heavy atom. The number of carbonyl (C=O) groups is 1. The largest absolute Gasteiger partial charge is 0.406 e. The third kappa shape index (κ3) is 5.78. The molecule has 1 aromatic rings. The average molecular weight is 278 g/mol. The van der Waals surface area contributed by atoms with Gasteiger partial charge in [-0.15, -0.1) is 0 Å². The zero-order chi connectivity index (χ0) is 14.5. The van der Waals surface area contributed by atoms with E-state index in [4.69, 9.17) is 5.11 Å². The molecule has 0 radical (unpaired) electrons. The highest BCUT2D eigenvalue weighted by atomic mass is 19.4. The molecule has 1 atom stereocenters. The molecule has 2 N–H and O–H groups in total. The summed E-state index contributed by atoms with van der Waals surface area (Å²) in [5.41, 5.74) is -0.0191. The minimum atomic E-state index is -4.36. The molecule has 7 heteroatoms. The van der Waals surface area contributed by atoms with Gasteiger partial charge in [-0.25, -0.2) is 0 Å². The third-order valence-corrected chi connectivity index (χ3v) is 2.50. The zero-order valence-electron chi connectivity index (χ0n) is 10.6. The maximum Gasteiger partial charge on any atom is 0.406 e. The first-order valence-electron chi connectivity index (χ1n) is 5.98. The average Bonchev–Trinajstić information content (AvgIpc) is 2.69. The molecule has 0 fully saturated rings. The van der Waals surface area contributed by atoms with Crippen LogP contribution in [0, 0.1) is 0 Å². The molecule has 19 heavy (non-hydrogen) atoms. The predicted molar refractivity (Wildman–Crippen MR) is 63.7 cm³/mol. The van der Waals surface area contributed by atoms with Gasteiger partial charge in [0.15, 0.2) is 0 Å². The number of hydrogen-bond donors (Lipinski definition) is 2. The molecule has 4 nitrogen and oxygen atoms in total. The van der Waals surface area contributed by atoms with Crippen molar-refractivity contribution >= 4 is 5.91 Å². The Morgan fingerprint density at radius 1 is 1.53 bits per heavy atom. The topological polar surface area (TPSA) is 54.3 Å². The van der Waals surface area contributed by atoms with Crippen molar-refractivity contribution in [3.8, 4) is 0 Å². The molecule has 0 aliphatic rings. The Kier molecular flexibility index (Phi) is 5.41. The second kappa shape index (κ2) is 6.60. The minimum absolute atomic E-state index is 0.0191. The van der Waals surface area contributed by atoms with Crippen LogP contribution in [0.1, 0.15) is 30.3 Å². The fraction of sp³-hybridized carbons (Fsp3) is 0.583. The molecule has 1 heterocycles. The number of halogens is 3. The van der Waals surface area contributed by atoms with Crippen LogP contribution in [-0.4, -0.2) is 34.4 Å². The fourth-order valence-electron chi connectivity index (χ4n) is 1.64. The monoisotopic (exact) mass is 278 g/mol. The van der Waals surface area contributed by atoms with Crippen LogP contribution in [0.5, 0.6) is 0 Å². The van der Waals surface area contributed by atoms with E-state index in [1.165, 1.54) is 18.3 Å². The number of alkyl halides is 3. The Hall–Kier alpha value is -1.50. The van der Waals surface area contributed by atoms with Gasteiger partial charge in [0, 0.05) is 12.7 Å². The number of aromatic nitrogens is 1. The van der Waals surface area contributed by atoms with Crippen molar-refractivity contribution in [3.63, 3.8) is 0 Å². The maximum absolute atomic E-state index is 12.3. The molecule has 1 aromatic heterocycles. The number of carbonyl (C=O) groups excluding carboxylic acids is 1. The summed E-state index contributed by atoms with van der Waals surface area (Å²) in [6.07, 6.45) is -2.49. The van der Waals surface area contributed by atoms with Crippen molar-refractivity contribution in [2.24, 2.45) is 0 Å². The summed E-state index contributed by atoms with van der Waals surface area (Å²) in [5, 5.41) is 11.6. The number of aliphatic hydroxyl groups excluding tert-OH is 1. The Labute approximate surface area is 109 Å². The summed E-state index contributed by atoms with van der Waals surface area (Å²) >= 11 is 0. The van der Waals surface area contributed by atoms with E-state index in [2.05, 4.69) is 5.32 Å². The highest BCUT2D eigenvalue weighted by Gasteiger charge is 2.29. The molecule has 0 spiro atoms. The first-order chi connectivity index (χ1) is 8.79. The zero-order valence-corrected chi connectivity index (χ0v) is 10.6. The Bertz CT molecular complexity index is 413. The Balaban J connectivity index is 2.51. The molecule has 1 rings (SSSR count). The van der Waals surface area contributed by atoms with Crippen LogP contribution in [0.2, 0.25) is 0 Å². The van der Waals surface area contributed by atoms with Gasteiger partial charge in [-0.2, -0.15) is 13.2 Å². The summed E-state index contributed by atoms with van der Waals surface area (Å²) < 4.78 is 37.7. The minimum Gasteiger partial charge on any atom is -0.393 e. The number of amides is 1. The summed E-state index contributed by atoms with van der Waals surface area (Å²) in [6.45, 7) is 0.771. The van der Waals surface area contributed by atoms with E-state index < -0.39 is 24.7 Å². The van der Waals surface area contributed by atoms with Gasteiger partial charge in [0.25, 0.3) is 5.91 Å². The lowest BCUT2D eigenvalue weighted by Crippen LogP contribution is -2.29. The lowest BCUT2D eigenvalue weighted by molar-refractivity contribution is -0.140. The molecule has 1 unspecified atom stereocenters. The van der Waals surface area contributed by atoms with Crippen molar-refractivity contribution in [1.82, 2.24) is 9.88 Å². The Morgan fingerprint density at radius 2 is 2.21 bits per heavy atom. The van der Waals surface area contributed by atoms with Gasteiger partial charge in [0.1, 0.15) is 12.2 Å². The van der Waals surface area contributed by atoms with E-state index in [1.807, 2.05) is 0 Å². The second-order valence-electron chi connectivity index (χ2n) is 4.38. The molecule has 0 saturated heterocycles. The van der Waals surface area contributed by atoms with Crippen molar-refractivity contribution in [2.75, 3.05) is 6.54 Å². The number of nitrogens with one attached hydrogen (secondary N) is 1. The van der Waals surface area contributed by atoms with E-state index in [9.17, 15) is 18.0 Å². The first kappa shape index (κ1) is 15.6. The normalized spacial score (nSPS) is 13.3. The second-order valence-corrected chi connectivity index (χ2v) is 4.38. The smallest absolute Gasteiger partial charge is 0.393 e. The predicted octanol–water partition coefficient (Wildman–Crippen LogP) is 1.94. The van der Waals surface area contributed by atoms with E-state index in [1.54, 1.807) is 6.92 Å². The quantitative estimate of drug-likeness (QED) is 0.781. The molecule has 0 saturated carbocycles. The fourth-order valence-corrected chi connectivity index (χ4v) is 1.64. The van der Waals surface area contributed by atoms with Crippen molar-refractivity contribution in [3.05, 3.63) is 24.0 Å².